The standard InChI is InChI=1S/C15H23N5O3.C2HF3O2/c1-18-8-9-20(10-11-21)14(23)15(18)3-6-19(7-4-15)13(22)12-2-5-16-17-12;3-2(4,5)1(6)7/h2,5,21H,3-4,6-11H2,1H3,(H,16,17);(H,6,7). The fourth-order valence-electron chi connectivity index (χ4n) is 3.60. The molecule has 0 saturated carbocycles. The molecule has 0 radical (unpaired) electrons. The number of amides is 2. The van der Waals surface area contributed by atoms with E-state index in [4.69, 9.17) is 15.0 Å². The third-order valence-corrected chi connectivity index (χ3v) is 5.34. The first-order chi connectivity index (χ1) is 14.0. The Kier molecular flexibility index (Phi) is 7.42. The van der Waals surface area contributed by atoms with Crippen LogP contribution in [-0.2, 0) is 9.59 Å². The lowest BCUT2D eigenvalue weighted by Crippen LogP contribution is -2.68. The van der Waals surface area contributed by atoms with Crippen LogP contribution >= 0.6 is 0 Å². The summed E-state index contributed by atoms with van der Waals surface area (Å²) in [5.74, 6) is -2.75. The number of piperidine rings is 1. The highest BCUT2D eigenvalue weighted by atomic mass is 19.4. The number of hydrogen-bond donors (Lipinski definition) is 3. The van der Waals surface area contributed by atoms with Crippen molar-refractivity contribution < 1.29 is 37.8 Å². The summed E-state index contributed by atoms with van der Waals surface area (Å²) in [6.45, 7) is 2.89. The van der Waals surface area contributed by atoms with Crippen molar-refractivity contribution in [1.29, 1.82) is 0 Å². The molecule has 0 unspecified atom stereocenters. The Balaban J connectivity index is 0.000000396. The van der Waals surface area contributed by atoms with Crippen molar-refractivity contribution in [1.82, 2.24) is 24.9 Å². The molecule has 0 bridgehead atoms. The summed E-state index contributed by atoms with van der Waals surface area (Å²) >= 11 is 0. The molecular formula is C17H24F3N5O5. The maximum Gasteiger partial charge on any atom is 0.490 e. The van der Waals surface area contributed by atoms with Crippen molar-refractivity contribution >= 4 is 17.8 Å². The van der Waals surface area contributed by atoms with Gasteiger partial charge in [0.1, 0.15) is 11.2 Å². The number of alkyl halides is 3. The predicted molar refractivity (Wildman–Crippen MR) is 96.4 cm³/mol. The monoisotopic (exact) mass is 435 g/mol. The van der Waals surface area contributed by atoms with Gasteiger partial charge in [0.15, 0.2) is 0 Å². The number of carbonyl (C=O) groups is 3. The topological polar surface area (TPSA) is 130 Å². The van der Waals surface area contributed by atoms with Gasteiger partial charge in [0.05, 0.1) is 6.61 Å². The molecule has 2 aliphatic rings. The third-order valence-electron chi connectivity index (χ3n) is 5.34. The second kappa shape index (κ2) is 9.43. The number of hydrogen-bond acceptors (Lipinski definition) is 6. The number of carboxylic acid groups (broad SMARTS) is 1. The molecule has 2 aliphatic heterocycles. The number of likely N-dealkylation sites (N-methyl/N-ethyl adjacent to an activating group) is 1. The van der Waals surface area contributed by atoms with Gasteiger partial charge < -0.3 is 20.0 Å². The van der Waals surface area contributed by atoms with Gasteiger partial charge in [-0.05, 0) is 26.0 Å². The lowest BCUT2D eigenvalue weighted by atomic mass is 9.82. The van der Waals surface area contributed by atoms with Gasteiger partial charge in [-0.1, -0.05) is 0 Å². The maximum atomic E-state index is 12.9. The van der Waals surface area contributed by atoms with Crippen LogP contribution < -0.4 is 0 Å². The molecule has 1 spiro atoms. The Hall–Kier alpha value is -2.67. The smallest absolute Gasteiger partial charge is 0.475 e. The molecule has 13 heteroatoms. The second-order valence-corrected chi connectivity index (χ2v) is 7.03. The number of likely N-dealkylation sites (tertiary alicyclic amines) is 1. The number of H-pyrrole nitrogens is 1. The zero-order chi connectivity index (χ0) is 22.5. The number of nitrogens with one attached hydrogen (secondary N) is 1. The van der Waals surface area contributed by atoms with Crippen molar-refractivity contribution in [2.24, 2.45) is 0 Å². The highest BCUT2D eigenvalue weighted by molar-refractivity contribution is 5.93. The van der Waals surface area contributed by atoms with Crippen LogP contribution in [0.15, 0.2) is 12.3 Å². The summed E-state index contributed by atoms with van der Waals surface area (Å²) in [6, 6.07) is 1.66. The minimum absolute atomic E-state index is 0.0179. The molecule has 2 saturated heterocycles. The number of rotatable bonds is 3. The highest BCUT2D eigenvalue weighted by Crippen LogP contribution is 2.33. The summed E-state index contributed by atoms with van der Waals surface area (Å²) in [6.07, 6.45) is -2.29. The van der Waals surface area contributed by atoms with Crippen molar-refractivity contribution in [3.8, 4) is 0 Å². The molecule has 0 atom stereocenters. The molecule has 168 valence electrons. The van der Waals surface area contributed by atoms with Crippen LogP contribution in [0.5, 0.6) is 0 Å². The lowest BCUT2D eigenvalue weighted by molar-refractivity contribution is -0.192. The van der Waals surface area contributed by atoms with E-state index in [1.54, 1.807) is 22.1 Å². The minimum Gasteiger partial charge on any atom is -0.475 e. The Morgan fingerprint density at radius 3 is 2.30 bits per heavy atom. The van der Waals surface area contributed by atoms with E-state index in [0.29, 0.717) is 44.7 Å². The van der Waals surface area contributed by atoms with E-state index >= 15 is 0 Å². The SMILES string of the molecule is CN1CCN(CCO)C(=O)C12CCN(C(=O)c1ccn[nH]1)CC2.O=C(O)C(F)(F)F. The number of aliphatic hydroxyl groups excluding tert-OH is 1. The fourth-order valence-corrected chi connectivity index (χ4v) is 3.60. The zero-order valence-electron chi connectivity index (χ0n) is 16.4. The van der Waals surface area contributed by atoms with Crippen molar-refractivity contribution in [3.63, 3.8) is 0 Å². The average molecular weight is 435 g/mol. The van der Waals surface area contributed by atoms with Crippen molar-refractivity contribution in [2.45, 2.75) is 24.6 Å². The summed E-state index contributed by atoms with van der Waals surface area (Å²) in [5, 5.41) is 22.8. The van der Waals surface area contributed by atoms with Crippen LogP contribution in [0.3, 0.4) is 0 Å². The molecule has 0 aliphatic carbocycles. The third kappa shape index (κ3) is 5.08. The van der Waals surface area contributed by atoms with E-state index < -0.39 is 17.7 Å². The molecule has 3 heterocycles. The van der Waals surface area contributed by atoms with Crippen molar-refractivity contribution in [2.75, 3.05) is 46.4 Å². The fraction of sp³-hybridized carbons (Fsp3) is 0.647. The van der Waals surface area contributed by atoms with E-state index in [1.807, 2.05) is 7.05 Å². The molecule has 30 heavy (non-hydrogen) atoms. The second-order valence-electron chi connectivity index (χ2n) is 7.03. The Morgan fingerprint density at radius 2 is 1.83 bits per heavy atom. The molecule has 2 amide bonds. The van der Waals surface area contributed by atoms with Crippen LogP contribution in [-0.4, -0.2) is 111 Å². The Labute approximate surface area is 170 Å². The van der Waals surface area contributed by atoms with Gasteiger partial charge >= 0.3 is 12.1 Å². The number of aliphatic hydroxyl groups is 1. The van der Waals surface area contributed by atoms with E-state index in [2.05, 4.69) is 15.1 Å². The number of aromatic nitrogens is 2. The van der Waals surface area contributed by atoms with Crippen LogP contribution in [0.2, 0.25) is 0 Å². The molecule has 0 aromatic carbocycles. The first kappa shape index (κ1) is 23.6. The average Bonchev–Trinajstić information content (AvgIpc) is 3.23. The Bertz CT molecular complexity index is 747. The molecule has 3 N–H and O–H groups in total. The van der Waals surface area contributed by atoms with Crippen LogP contribution in [0.25, 0.3) is 0 Å². The highest BCUT2D eigenvalue weighted by Gasteiger charge is 2.49. The van der Waals surface area contributed by atoms with E-state index in [9.17, 15) is 22.8 Å². The first-order valence-electron chi connectivity index (χ1n) is 9.23. The van der Waals surface area contributed by atoms with Gasteiger partial charge in [-0.25, -0.2) is 4.79 Å². The molecule has 10 nitrogen and oxygen atoms in total. The lowest BCUT2D eigenvalue weighted by Gasteiger charge is -2.51. The number of halogens is 3. The van der Waals surface area contributed by atoms with Gasteiger partial charge in [-0.3, -0.25) is 19.6 Å². The summed E-state index contributed by atoms with van der Waals surface area (Å²) < 4.78 is 31.7. The number of carbonyl (C=O) groups excluding carboxylic acids is 2. The number of aromatic amines is 1. The quantitative estimate of drug-likeness (QED) is 0.599. The first-order valence-corrected chi connectivity index (χ1v) is 9.23. The number of carboxylic acids is 1. The normalized spacial score (nSPS) is 19.4. The van der Waals surface area contributed by atoms with Crippen LogP contribution in [0, 0.1) is 0 Å². The predicted octanol–water partition coefficient (Wildman–Crippen LogP) is -0.216. The summed E-state index contributed by atoms with van der Waals surface area (Å²) in [5.41, 5.74) is -0.0655. The maximum absolute atomic E-state index is 12.9. The van der Waals surface area contributed by atoms with E-state index in [-0.39, 0.29) is 18.4 Å². The largest absolute Gasteiger partial charge is 0.490 e. The molecule has 3 rings (SSSR count). The van der Waals surface area contributed by atoms with Crippen molar-refractivity contribution in [3.05, 3.63) is 18.0 Å². The van der Waals surface area contributed by atoms with Crippen LogP contribution in [0.1, 0.15) is 23.3 Å². The van der Waals surface area contributed by atoms with E-state index in [0.717, 1.165) is 6.54 Å². The van der Waals surface area contributed by atoms with E-state index in [1.165, 1.54) is 0 Å². The van der Waals surface area contributed by atoms with Gasteiger partial charge in [0.25, 0.3) is 5.91 Å². The number of β-amino-alcohol motifs (C(OH)–C–C–N with tert-alkyl or cyclic N) is 1. The number of nitrogens with zero attached hydrogens (tertiary/aromatic N) is 4. The molecule has 2 fully saturated rings. The summed E-state index contributed by atoms with van der Waals surface area (Å²) in [4.78, 5) is 39.8. The van der Waals surface area contributed by atoms with Gasteiger partial charge in [-0.15, -0.1) is 0 Å². The Morgan fingerprint density at radius 1 is 1.23 bits per heavy atom. The van der Waals surface area contributed by atoms with Gasteiger partial charge in [0.2, 0.25) is 5.91 Å². The number of aliphatic carboxylic acids is 1. The zero-order valence-corrected chi connectivity index (χ0v) is 16.4. The van der Waals surface area contributed by atoms with Gasteiger partial charge in [0, 0.05) is 38.9 Å². The molecule has 1 aromatic rings. The van der Waals surface area contributed by atoms with Gasteiger partial charge in [-0.2, -0.15) is 18.3 Å². The molecular weight excluding hydrogens is 411 g/mol. The number of piperazine rings is 1. The minimum atomic E-state index is -5.08. The van der Waals surface area contributed by atoms with Crippen LogP contribution in [0.4, 0.5) is 13.2 Å². The summed E-state index contributed by atoms with van der Waals surface area (Å²) in [7, 11) is 1.97. The molecule has 1 aromatic heterocycles.